The number of nitrogens with zero attached hydrogens (tertiary/aromatic N) is 1. The molecule has 1 aliphatic rings. The van der Waals surface area contributed by atoms with Gasteiger partial charge in [-0.05, 0) is 53.4 Å². The predicted molar refractivity (Wildman–Crippen MR) is 117 cm³/mol. The third kappa shape index (κ3) is 4.60. The van der Waals surface area contributed by atoms with Crippen LogP contribution in [0.25, 0.3) is 10.8 Å². The Bertz CT molecular complexity index is 980. The highest BCUT2D eigenvalue weighted by Gasteiger charge is 2.30. The van der Waals surface area contributed by atoms with Crippen LogP contribution in [-0.2, 0) is 17.9 Å². The minimum Gasteiger partial charge on any atom is -0.497 e. The van der Waals surface area contributed by atoms with E-state index >= 15 is 0 Å². The highest BCUT2D eigenvalue weighted by Crippen LogP contribution is 2.27. The van der Waals surface area contributed by atoms with Gasteiger partial charge >= 0.3 is 0 Å². The van der Waals surface area contributed by atoms with Gasteiger partial charge < -0.3 is 15.0 Å². The molecular formula is C25H28N2O2. The maximum Gasteiger partial charge on any atom is 0.223 e. The van der Waals surface area contributed by atoms with E-state index in [-0.39, 0.29) is 5.91 Å². The second-order valence-electron chi connectivity index (χ2n) is 7.67. The molecule has 3 aromatic carbocycles. The third-order valence-electron chi connectivity index (χ3n) is 5.79. The van der Waals surface area contributed by atoms with Crippen molar-refractivity contribution < 1.29 is 9.53 Å². The molecule has 1 saturated heterocycles. The topological polar surface area (TPSA) is 41.6 Å². The van der Waals surface area contributed by atoms with Crippen molar-refractivity contribution in [3.05, 3.63) is 77.9 Å². The molecule has 1 amide bonds. The lowest BCUT2D eigenvalue weighted by molar-refractivity contribution is -0.129. The van der Waals surface area contributed by atoms with E-state index in [1.165, 1.54) is 21.9 Å². The molecular weight excluding hydrogens is 360 g/mol. The van der Waals surface area contributed by atoms with Crippen LogP contribution in [0.2, 0.25) is 0 Å². The lowest BCUT2D eigenvalue weighted by Crippen LogP contribution is -2.34. The minimum atomic E-state index is 0.274. The van der Waals surface area contributed by atoms with E-state index in [4.69, 9.17) is 4.74 Å². The summed E-state index contributed by atoms with van der Waals surface area (Å²) in [5.74, 6) is 1.16. The summed E-state index contributed by atoms with van der Waals surface area (Å²) in [6.45, 7) is 2.39. The molecule has 1 fully saturated rings. The molecule has 29 heavy (non-hydrogen) atoms. The summed E-state index contributed by atoms with van der Waals surface area (Å²) in [5.41, 5.74) is 2.44. The van der Waals surface area contributed by atoms with Crippen molar-refractivity contribution in [3.8, 4) is 5.75 Å². The average Bonchev–Trinajstić information content (AvgIpc) is 3.11. The number of fused-ring (bicyclic) bond motifs is 1. The van der Waals surface area contributed by atoms with Crippen LogP contribution in [0.5, 0.6) is 5.75 Å². The first kappa shape index (κ1) is 19.5. The Morgan fingerprint density at radius 1 is 1.07 bits per heavy atom. The Morgan fingerprint density at radius 3 is 2.79 bits per heavy atom. The molecule has 150 valence electrons. The van der Waals surface area contributed by atoms with Crippen molar-refractivity contribution in [1.82, 2.24) is 10.2 Å². The van der Waals surface area contributed by atoms with Crippen LogP contribution < -0.4 is 10.1 Å². The summed E-state index contributed by atoms with van der Waals surface area (Å²) in [6, 6.07) is 23.2. The number of likely N-dealkylation sites (tertiary alicyclic amines) is 1. The van der Waals surface area contributed by atoms with Crippen LogP contribution in [0.15, 0.2) is 66.7 Å². The number of methoxy groups -OCH3 is 1. The first-order valence-electron chi connectivity index (χ1n) is 10.3. The molecule has 0 spiro atoms. The molecule has 4 rings (SSSR count). The molecule has 0 aliphatic carbocycles. The van der Waals surface area contributed by atoms with E-state index in [1.807, 2.05) is 12.1 Å². The van der Waals surface area contributed by atoms with Crippen molar-refractivity contribution in [2.45, 2.75) is 38.4 Å². The Kier molecular flexibility index (Phi) is 6.11. The first-order chi connectivity index (χ1) is 14.2. The molecule has 1 heterocycles. The summed E-state index contributed by atoms with van der Waals surface area (Å²) in [5, 5.41) is 5.99. The van der Waals surface area contributed by atoms with Crippen molar-refractivity contribution in [2.24, 2.45) is 0 Å². The number of benzene rings is 3. The largest absolute Gasteiger partial charge is 0.497 e. The van der Waals surface area contributed by atoms with Gasteiger partial charge in [-0.3, -0.25) is 4.79 Å². The molecule has 1 N–H and O–H groups in total. The quantitative estimate of drug-likeness (QED) is 0.577. The Morgan fingerprint density at radius 2 is 1.90 bits per heavy atom. The molecule has 0 aromatic heterocycles. The van der Waals surface area contributed by atoms with Crippen LogP contribution in [0.1, 0.15) is 30.4 Å². The summed E-state index contributed by atoms with van der Waals surface area (Å²) >= 11 is 0. The molecule has 1 aliphatic heterocycles. The zero-order chi connectivity index (χ0) is 20.1. The molecule has 4 nitrogen and oxygen atoms in total. The van der Waals surface area contributed by atoms with E-state index in [9.17, 15) is 4.79 Å². The Balaban J connectivity index is 1.35. The maximum absolute atomic E-state index is 12.5. The minimum absolute atomic E-state index is 0.274. The second-order valence-corrected chi connectivity index (χ2v) is 7.67. The van der Waals surface area contributed by atoms with Gasteiger partial charge in [0.15, 0.2) is 0 Å². The van der Waals surface area contributed by atoms with Crippen molar-refractivity contribution in [1.29, 1.82) is 0 Å². The van der Waals surface area contributed by atoms with Crippen molar-refractivity contribution in [2.75, 3.05) is 13.7 Å². The number of rotatable bonds is 8. The molecule has 0 bridgehead atoms. The molecule has 1 atom stereocenters. The van der Waals surface area contributed by atoms with Crippen molar-refractivity contribution >= 4 is 16.7 Å². The SMILES string of the molecule is COc1cccc(CNCCC2CCC(=O)N2Cc2cccc3ccccc23)c1. The fourth-order valence-corrected chi connectivity index (χ4v) is 4.21. The van der Waals surface area contributed by atoms with E-state index in [0.29, 0.717) is 19.0 Å². The van der Waals surface area contributed by atoms with Gasteiger partial charge in [0.2, 0.25) is 5.91 Å². The van der Waals surface area contributed by atoms with Gasteiger partial charge in [-0.2, -0.15) is 0 Å². The second kappa shape index (κ2) is 9.10. The third-order valence-corrected chi connectivity index (χ3v) is 5.79. The van der Waals surface area contributed by atoms with Crippen LogP contribution in [-0.4, -0.2) is 30.5 Å². The monoisotopic (exact) mass is 388 g/mol. The van der Waals surface area contributed by atoms with E-state index in [2.05, 4.69) is 64.8 Å². The van der Waals surface area contributed by atoms with Crippen molar-refractivity contribution in [3.63, 3.8) is 0 Å². The molecule has 4 heteroatoms. The zero-order valence-corrected chi connectivity index (χ0v) is 16.9. The van der Waals surface area contributed by atoms with Gasteiger partial charge in [0, 0.05) is 25.6 Å². The van der Waals surface area contributed by atoms with E-state index in [0.717, 1.165) is 31.7 Å². The number of hydrogen-bond donors (Lipinski definition) is 1. The number of carbonyl (C=O) groups excluding carboxylic acids is 1. The van der Waals surface area contributed by atoms with Crippen LogP contribution >= 0.6 is 0 Å². The number of hydrogen-bond acceptors (Lipinski definition) is 3. The normalized spacial score (nSPS) is 16.5. The molecule has 0 saturated carbocycles. The van der Waals surface area contributed by atoms with Gasteiger partial charge in [0.05, 0.1) is 7.11 Å². The highest BCUT2D eigenvalue weighted by molar-refractivity contribution is 5.86. The van der Waals surface area contributed by atoms with Gasteiger partial charge in [-0.1, -0.05) is 54.6 Å². The van der Waals surface area contributed by atoms with Gasteiger partial charge in [0.25, 0.3) is 0 Å². The summed E-state index contributed by atoms with van der Waals surface area (Å²) in [7, 11) is 1.69. The molecule has 1 unspecified atom stereocenters. The predicted octanol–water partition coefficient (Wildman–Crippen LogP) is 4.52. The van der Waals surface area contributed by atoms with Crippen LogP contribution in [0.3, 0.4) is 0 Å². The Hall–Kier alpha value is -2.85. The maximum atomic E-state index is 12.5. The van der Waals surface area contributed by atoms with Gasteiger partial charge in [0.1, 0.15) is 5.75 Å². The number of amides is 1. The van der Waals surface area contributed by atoms with Crippen LogP contribution in [0.4, 0.5) is 0 Å². The standard InChI is InChI=1S/C25H28N2O2/c1-29-23-10-4-6-19(16-23)17-26-15-14-22-12-13-25(28)27(22)18-21-9-5-8-20-7-2-3-11-24(20)21/h2-11,16,22,26H,12-15,17-18H2,1H3. The smallest absolute Gasteiger partial charge is 0.223 e. The Labute approximate surface area is 172 Å². The van der Waals surface area contributed by atoms with E-state index in [1.54, 1.807) is 7.11 Å². The highest BCUT2D eigenvalue weighted by atomic mass is 16.5. The zero-order valence-electron chi connectivity index (χ0n) is 16.9. The van der Waals surface area contributed by atoms with Gasteiger partial charge in [-0.25, -0.2) is 0 Å². The number of ether oxygens (including phenoxy) is 1. The average molecular weight is 389 g/mol. The van der Waals surface area contributed by atoms with Crippen LogP contribution in [0, 0.1) is 0 Å². The van der Waals surface area contributed by atoms with E-state index < -0.39 is 0 Å². The summed E-state index contributed by atoms with van der Waals surface area (Å²) in [4.78, 5) is 14.6. The summed E-state index contributed by atoms with van der Waals surface area (Å²) in [6.07, 6.45) is 2.58. The fourth-order valence-electron chi connectivity index (χ4n) is 4.21. The molecule has 0 radical (unpaired) electrons. The number of nitrogens with one attached hydrogen (secondary N) is 1. The van der Waals surface area contributed by atoms with Gasteiger partial charge in [-0.15, -0.1) is 0 Å². The lowest BCUT2D eigenvalue weighted by atomic mass is 10.0. The summed E-state index contributed by atoms with van der Waals surface area (Å²) < 4.78 is 5.28. The lowest BCUT2D eigenvalue weighted by Gasteiger charge is -2.26. The first-order valence-corrected chi connectivity index (χ1v) is 10.3. The fraction of sp³-hybridized carbons (Fsp3) is 0.320. The number of carbonyl (C=O) groups is 1. The molecule has 3 aromatic rings.